The van der Waals surface area contributed by atoms with Gasteiger partial charge in [0.15, 0.2) is 5.84 Å². The zero-order valence-electron chi connectivity index (χ0n) is 10.0. The number of amidine groups is 1. The summed E-state index contributed by atoms with van der Waals surface area (Å²) in [7, 11) is 0. The maximum atomic E-state index is 14.2. The van der Waals surface area contributed by atoms with E-state index in [1.165, 1.54) is 31.8 Å². The minimum absolute atomic E-state index is 0.260. The van der Waals surface area contributed by atoms with Gasteiger partial charge >= 0.3 is 6.10 Å². The van der Waals surface area contributed by atoms with Crippen molar-refractivity contribution in [1.29, 1.82) is 0 Å². The summed E-state index contributed by atoms with van der Waals surface area (Å²) < 4.78 is 19.5. The molecule has 6 heteroatoms. The maximum Gasteiger partial charge on any atom is 0.416 e. The van der Waals surface area contributed by atoms with Crippen LogP contribution in [-0.4, -0.2) is 36.8 Å². The molecule has 0 aromatic carbocycles. The van der Waals surface area contributed by atoms with E-state index in [1.54, 1.807) is 0 Å². The Kier molecular flexibility index (Phi) is 3.03. The van der Waals surface area contributed by atoms with E-state index >= 15 is 0 Å². The Bertz CT molecular complexity index is 451. The number of hydrogen-bond donors (Lipinski definition) is 0. The lowest BCUT2D eigenvalue weighted by atomic mass is 9.90. The average Bonchev–Trinajstić information content (AvgIpc) is 2.85. The first kappa shape index (κ1) is 11.6. The molecule has 2 heterocycles. The van der Waals surface area contributed by atoms with Gasteiger partial charge in [0.05, 0.1) is 12.8 Å². The summed E-state index contributed by atoms with van der Waals surface area (Å²) in [6.45, 7) is 0.362. The van der Waals surface area contributed by atoms with Crippen LogP contribution in [0, 0.1) is 5.92 Å². The molecule has 0 N–H and O–H groups in total. The van der Waals surface area contributed by atoms with Crippen LogP contribution in [0.15, 0.2) is 20.0 Å². The SMILES string of the molecule is FC1(OCC2CCCCC2)N=CC2=NC=NC2=N1. The highest BCUT2D eigenvalue weighted by molar-refractivity contribution is 6.65. The molecule has 0 bridgehead atoms. The Morgan fingerprint density at radius 1 is 1.33 bits per heavy atom. The van der Waals surface area contributed by atoms with Gasteiger partial charge in [0.2, 0.25) is 0 Å². The molecule has 1 atom stereocenters. The van der Waals surface area contributed by atoms with Crippen LogP contribution in [-0.2, 0) is 4.74 Å². The standard InChI is InChI=1S/C12H15FN4O/c13-12(18-7-9-4-2-1-3-5-9)16-6-10-11(17-12)15-8-14-10/h6,8-9H,1-5,7H2. The van der Waals surface area contributed by atoms with E-state index in [0.717, 1.165) is 12.8 Å². The lowest BCUT2D eigenvalue weighted by molar-refractivity contribution is -0.143. The quantitative estimate of drug-likeness (QED) is 0.708. The van der Waals surface area contributed by atoms with Gasteiger partial charge in [-0.3, -0.25) is 0 Å². The van der Waals surface area contributed by atoms with E-state index in [0.29, 0.717) is 18.2 Å². The van der Waals surface area contributed by atoms with Gasteiger partial charge in [0, 0.05) is 0 Å². The number of fused-ring (bicyclic) bond motifs is 1. The van der Waals surface area contributed by atoms with Gasteiger partial charge in [0.1, 0.15) is 12.1 Å². The summed E-state index contributed by atoms with van der Waals surface area (Å²) in [6, 6.07) is 0. The van der Waals surface area contributed by atoms with Crippen LogP contribution < -0.4 is 0 Å². The molecular weight excluding hydrogens is 235 g/mol. The largest absolute Gasteiger partial charge is 0.416 e. The smallest absolute Gasteiger partial charge is 0.308 e. The first-order valence-electron chi connectivity index (χ1n) is 6.34. The molecule has 1 fully saturated rings. The fourth-order valence-corrected chi connectivity index (χ4v) is 2.39. The summed E-state index contributed by atoms with van der Waals surface area (Å²) in [5, 5.41) is 0. The Morgan fingerprint density at radius 3 is 3.00 bits per heavy atom. The topological polar surface area (TPSA) is 58.7 Å². The molecule has 1 aliphatic carbocycles. The van der Waals surface area contributed by atoms with Gasteiger partial charge in [-0.15, -0.1) is 0 Å². The van der Waals surface area contributed by atoms with E-state index in [1.807, 2.05) is 0 Å². The highest BCUT2D eigenvalue weighted by Gasteiger charge is 2.35. The van der Waals surface area contributed by atoms with E-state index in [9.17, 15) is 4.39 Å². The minimum Gasteiger partial charge on any atom is -0.308 e. The Labute approximate surface area is 105 Å². The lowest BCUT2D eigenvalue weighted by Gasteiger charge is -2.25. The molecular formula is C12H15FN4O. The van der Waals surface area contributed by atoms with Crippen molar-refractivity contribution >= 4 is 24.1 Å². The molecule has 1 unspecified atom stereocenters. The van der Waals surface area contributed by atoms with Crippen molar-refractivity contribution in [3.05, 3.63) is 0 Å². The summed E-state index contributed by atoms with van der Waals surface area (Å²) >= 11 is 0. The van der Waals surface area contributed by atoms with Crippen molar-refractivity contribution in [2.45, 2.75) is 38.2 Å². The fraction of sp³-hybridized carbons (Fsp3) is 0.667. The number of rotatable bonds is 3. The number of halogens is 1. The summed E-state index contributed by atoms with van der Waals surface area (Å²) in [5.74, 6) is 0.681. The number of hydrogen-bond acceptors (Lipinski definition) is 5. The monoisotopic (exact) mass is 250 g/mol. The average molecular weight is 250 g/mol. The van der Waals surface area contributed by atoms with Gasteiger partial charge in [-0.25, -0.2) is 15.0 Å². The van der Waals surface area contributed by atoms with Gasteiger partial charge in [-0.2, -0.15) is 9.38 Å². The van der Waals surface area contributed by atoms with Crippen LogP contribution in [0.1, 0.15) is 32.1 Å². The normalized spacial score (nSPS) is 31.2. The van der Waals surface area contributed by atoms with E-state index in [-0.39, 0.29) is 5.84 Å². The highest BCUT2D eigenvalue weighted by atomic mass is 19.2. The third kappa shape index (κ3) is 2.38. The molecule has 0 saturated heterocycles. The van der Waals surface area contributed by atoms with Crippen molar-refractivity contribution < 1.29 is 9.13 Å². The molecule has 18 heavy (non-hydrogen) atoms. The first-order chi connectivity index (χ1) is 8.75. The maximum absolute atomic E-state index is 14.2. The van der Waals surface area contributed by atoms with Crippen molar-refractivity contribution in [2.75, 3.05) is 6.61 Å². The van der Waals surface area contributed by atoms with Crippen LogP contribution in [0.25, 0.3) is 0 Å². The predicted octanol–water partition coefficient (Wildman–Crippen LogP) is 2.13. The lowest BCUT2D eigenvalue weighted by Crippen LogP contribution is -2.32. The molecule has 0 amide bonds. The Morgan fingerprint density at radius 2 is 2.17 bits per heavy atom. The third-order valence-corrected chi connectivity index (χ3v) is 3.42. The summed E-state index contributed by atoms with van der Waals surface area (Å²) in [5.41, 5.74) is 0.490. The number of ether oxygens (including phenoxy) is 1. The van der Waals surface area contributed by atoms with Crippen LogP contribution >= 0.6 is 0 Å². The van der Waals surface area contributed by atoms with E-state index < -0.39 is 6.10 Å². The van der Waals surface area contributed by atoms with E-state index in [2.05, 4.69) is 20.0 Å². The van der Waals surface area contributed by atoms with Crippen LogP contribution in [0.4, 0.5) is 4.39 Å². The molecule has 0 radical (unpaired) electrons. The minimum atomic E-state index is -2.31. The van der Waals surface area contributed by atoms with Gasteiger partial charge in [-0.1, -0.05) is 19.3 Å². The van der Waals surface area contributed by atoms with E-state index in [4.69, 9.17) is 4.74 Å². The van der Waals surface area contributed by atoms with Crippen LogP contribution in [0.3, 0.4) is 0 Å². The van der Waals surface area contributed by atoms with Crippen molar-refractivity contribution in [3.8, 4) is 0 Å². The zero-order valence-corrected chi connectivity index (χ0v) is 10.0. The van der Waals surface area contributed by atoms with Crippen LogP contribution in [0.2, 0.25) is 0 Å². The van der Waals surface area contributed by atoms with Crippen molar-refractivity contribution in [3.63, 3.8) is 0 Å². The summed E-state index contributed by atoms with van der Waals surface area (Å²) in [6.07, 6.45) is 6.23. The molecule has 0 spiro atoms. The fourth-order valence-electron chi connectivity index (χ4n) is 2.39. The molecule has 2 aliphatic heterocycles. The molecule has 3 rings (SSSR count). The molecule has 0 aromatic heterocycles. The Balaban J connectivity index is 1.61. The second-order valence-electron chi connectivity index (χ2n) is 4.80. The van der Waals surface area contributed by atoms with Gasteiger partial charge < -0.3 is 4.74 Å². The Hall–Kier alpha value is -1.43. The van der Waals surface area contributed by atoms with Gasteiger partial charge in [-0.05, 0) is 18.8 Å². The van der Waals surface area contributed by atoms with Crippen LogP contribution in [0.5, 0.6) is 0 Å². The van der Waals surface area contributed by atoms with Crippen molar-refractivity contribution in [2.24, 2.45) is 25.9 Å². The summed E-state index contributed by atoms with van der Waals surface area (Å²) in [4.78, 5) is 15.2. The molecule has 3 aliphatic rings. The second kappa shape index (κ2) is 4.68. The predicted molar refractivity (Wildman–Crippen MR) is 68.2 cm³/mol. The number of aliphatic imine (C=N–C) groups is 4. The van der Waals surface area contributed by atoms with Gasteiger partial charge in [0.25, 0.3) is 0 Å². The highest BCUT2D eigenvalue weighted by Crippen LogP contribution is 2.28. The second-order valence-corrected chi connectivity index (χ2v) is 4.80. The third-order valence-electron chi connectivity index (χ3n) is 3.42. The first-order valence-corrected chi connectivity index (χ1v) is 6.34. The van der Waals surface area contributed by atoms with Crippen molar-refractivity contribution in [1.82, 2.24) is 0 Å². The molecule has 96 valence electrons. The zero-order chi connectivity index (χ0) is 12.4. The molecule has 0 aromatic rings. The molecule has 1 saturated carbocycles. The number of nitrogens with zero attached hydrogens (tertiary/aromatic N) is 4. The number of alkyl halides is 1. The molecule has 5 nitrogen and oxygen atoms in total.